The molecule has 1 atom stereocenters. The monoisotopic (exact) mass is 363 g/mol. The van der Waals surface area contributed by atoms with E-state index in [1.807, 2.05) is 0 Å². The molecule has 1 aliphatic heterocycles. The van der Waals surface area contributed by atoms with Crippen molar-refractivity contribution in [2.45, 2.75) is 19.4 Å². The van der Waals surface area contributed by atoms with Crippen LogP contribution in [0.5, 0.6) is 0 Å². The molecule has 0 radical (unpaired) electrons. The molecule has 0 saturated carbocycles. The van der Waals surface area contributed by atoms with Crippen LogP contribution in [0.3, 0.4) is 0 Å². The van der Waals surface area contributed by atoms with Crippen molar-refractivity contribution in [3.8, 4) is 0 Å². The summed E-state index contributed by atoms with van der Waals surface area (Å²) in [6.45, 7) is 3.71. The molecule has 1 aromatic rings. The number of sulfonamides is 1. The first kappa shape index (κ1) is 19.7. The Morgan fingerprint density at radius 3 is 2.78 bits per heavy atom. The molecule has 2 rings (SSSR count). The average Bonchev–Trinajstić information content (AvgIpc) is 2.42. The summed E-state index contributed by atoms with van der Waals surface area (Å²) in [4.78, 5) is 12.0. The largest absolute Gasteiger partial charge is 0.378 e. The standard InChI is InChI=1S/C14H21N3O4S.ClH/c1-10-3-4-11(7-13(10)17-22(2,19)20)16-14(18)8-12-9-21-6-5-15-12;/h3-4,7,12,15,17H,5-6,8-9H2,1-2H3,(H,16,18);1H. The van der Waals surface area contributed by atoms with Crippen LogP contribution in [-0.2, 0) is 19.6 Å². The van der Waals surface area contributed by atoms with E-state index in [0.717, 1.165) is 18.4 Å². The molecule has 1 aliphatic rings. The van der Waals surface area contributed by atoms with Crippen LogP contribution >= 0.6 is 12.4 Å². The van der Waals surface area contributed by atoms with E-state index in [0.29, 0.717) is 31.0 Å². The highest BCUT2D eigenvalue weighted by Gasteiger charge is 2.17. The molecule has 0 aliphatic carbocycles. The average molecular weight is 364 g/mol. The van der Waals surface area contributed by atoms with Gasteiger partial charge in [-0.1, -0.05) is 6.07 Å². The zero-order valence-corrected chi connectivity index (χ0v) is 14.7. The van der Waals surface area contributed by atoms with Crippen LogP contribution in [0.4, 0.5) is 11.4 Å². The molecule has 0 bridgehead atoms. The highest BCUT2D eigenvalue weighted by Crippen LogP contribution is 2.21. The maximum absolute atomic E-state index is 12.0. The molecule has 130 valence electrons. The van der Waals surface area contributed by atoms with Gasteiger partial charge in [-0.25, -0.2) is 8.42 Å². The number of hydrogen-bond donors (Lipinski definition) is 3. The Labute approximate surface area is 142 Å². The molecule has 23 heavy (non-hydrogen) atoms. The predicted molar refractivity (Wildman–Crippen MR) is 92.7 cm³/mol. The summed E-state index contributed by atoms with van der Waals surface area (Å²) in [6, 6.07) is 5.11. The number of ether oxygens (including phenoxy) is 1. The molecule has 1 saturated heterocycles. The SMILES string of the molecule is Cc1ccc(NC(=O)CC2COCCN2)cc1NS(C)(=O)=O.Cl. The molecular formula is C14H22ClN3O4S. The van der Waals surface area contributed by atoms with E-state index in [2.05, 4.69) is 15.4 Å². The summed E-state index contributed by atoms with van der Waals surface area (Å²) in [6.07, 6.45) is 1.40. The van der Waals surface area contributed by atoms with Gasteiger partial charge in [0.1, 0.15) is 0 Å². The second-order valence-electron chi connectivity index (χ2n) is 5.38. The lowest BCUT2D eigenvalue weighted by molar-refractivity contribution is -0.117. The van der Waals surface area contributed by atoms with Gasteiger partial charge in [-0.3, -0.25) is 9.52 Å². The van der Waals surface area contributed by atoms with Crippen LogP contribution in [0.1, 0.15) is 12.0 Å². The van der Waals surface area contributed by atoms with Gasteiger partial charge in [-0.15, -0.1) is 12.4 Å². The number of carbonyl (C=O) groups excluding carboxylic acids is 1. The van der Waals surface area contributed by atoms with Gasteiger partial charge in [-0.05, 0) is 24.6 Å². The van der Waals surface area contributed by atoms with E-state index < -0.39 is 10.0 Å². The number of hydrogen-bond acceptors (Lipinski definition) is 5. The van der Waals surface area contributed by atoms with Gasteiger partial charge < -0.3 is 15.4 Å². The number of amides is 1. The highest BCUT2D eigenvalue weighted by atomic mass is 35.5. The molecular weight excluding hydrogens is 342 g/mol. The number of benzene rings is 1. The van der Waals surface area contributed by atoms with Crippen molar-refractivity contribution in [1.29, 1.82) is 0 Å². The minimum absolute atomic E-state index is 0. The topological polar surface area (TPSA) is 96.5 Å². The molecule has 7 nitrogen and oxygen atoms in total. The minimum atomic E-state index is -3.36. The van der Waals surface area contributed by atoms with E-state index in [9.17, 15) is 13.2 Å². The van der Waals surface area contributed by atoms with Crippen molar-refractivity contribution < 1.29 is 17.9 Å². The van der Waals surface area contributed by atoms with Crippen molar-refractivity contribution in [2.24, 2.45) is 0 Å². The third-order valence-electron chi connectivity index (χ3n) is 3.25. The number of halogens is 1. The molecule has 9 heteroatoms. The Balaban J connectivity index is 0.00000264. The maximum Gasteiger partial charge on any atom is 0.229 e. The fraction of sp³-hybridized carbons (Fsp3) is 0.500. The van der Waals surface area contributed by atoms with Gasteiger partial charge in [0.15, 0.2) is 0 Å². The summed E-state index contributed by atoms with van der Waals surface area (Å²) < 4.78 is 30.4. The van der Waals surface area contributed by atoms with Crippen molar-refractivity contribution in [3.63, 3.8) is 0 Å². The molecule has 3 N–H and O–H groups in total. The number of nitrogens with one attached hydrogen (secondary N) is 3. The Bertz CT molecular complexity index is 645. The van der Waals surface area contributed by atoms with Crippen LogP contribution in [0.2, 0.25) is 0 Å². The Hall–Kier alpha value is -1.35. The molecule has 0 aromatic heterocycles. The fourth-order valence-electron chi connectivity index (χ4n) is 2.20. The number of carbonyl (C=O) groups is 1. The fourth-order valence-corrected chi connectivity index (χ4v) is 2.82. The van der Waals surface area contributed by atoms with Crippen LogP contribution < -0.4 is 15.4 Å². The molecule has 1 fully saturated rings. The molecule has 1 aromatic carbocycles. The van der Waals surface area contributed by atoms with Crippen molar-refractivity contribution >= 4 is 39.7 Å². The molecule has 1 amide bonds. The third-order valence-corrected chi connectivity index (χ3v) is 3.84. The van der Waals surface area contributed by atoms with Gasteiger partial charge in [-0.2, -0.15) is 0 Å². The van der Waals surface area contributed by atoms with Crippen molar-refractivity contribution in [3.05, 3.63) is 23.8 Å². The van der Waals surface area contributed by atoms with E-state index in [1.165, 1.54) is 0 Å². The first-order valence-electron chi connectivity index (χ1n) is 7.03. The summed E-state index contributed by atoms with van der Waals surface area (Å²) in [5.74, 6) is -0.142. The van der Waals surface area contributed by atoms with E-state index in [-0.39, 0.29) is 24.4 Å². The highest BCUT2D eigenvalue weighted by molar-refractivity contribution is 7.92. The Morgan fingerprint density at radius 2 is 2.17 bits per heavy atom. The van der Waals surface area contributed by atoms with Crippen LogP contribution in [0.15, 0.2) is 18.2 Å². The lowest BCUT2D eigenvalue weighted by Gasteiger charge is -2.23. The van der Waals surface area contributed by atoms with Gasteiger partial charge in [0.2, 0.25) is 15.9 Å². The van der Waals surface area contributed by atoms with E-state index in [4.69, 9.17) is 4.74 Å². The van der Waals surface area contributed by atoms with Gasteiger partial charge >= 0.3 is 0 Å². The predicted octanol–water partition coefficient (Wildman–Crippen LogP) is 1.11. The second kappa shape index (κ2) is 8.49. The quantitative estimate of drug-likeness (QED) is 0.728. The Kier molecular flexibility index (Phi) is 7.27. The lowest BCUT2D eigenvalue weighted by Crippen LogP contribution is -2.43. The summed E-state index contributed by atoms with van der Waals surface area (Å²) >= 11 is 0. The zero-order chi connectivity index (χ0) is 16.2. The van der Waals surface area contributed by atoms with Gasteiger partial charge in [0.25, 0.3) is 0 Å². The van der Waals surface area contributed by atoms with E-state index in [1.54, 1.807) is 25.1 Å². The van der Waals surface area contributed by atoms with Crippen molar-refractivity contribution in [1.82, 2.24) is 5.32 Å². The summed E-state index contributed by atoms with van der Waals surface area (Å²) in [7, 11) is -3.36. The number of morpholine rings is 1. The second-order valence-corrected chi connectivity index (χ2v) is 7.13. The van der Waals surface area contributed by atoms with Gasteiger partial charge in [0, 0.05) is 24.7 Å². The number of aryl methyl sites for hydroxylation is 1. The number of anilines is 2. The van der Waals surface area contributed by atoms with Crippen molar-refractivity contribution in [2.75, 3.05) is 36.1 Å². The van der Waals surface area contributed by atoms with E-state index >= 15 is 0 Å². The van der Waals surface area contributed by atoms with Crippen LogP contribution in [0.25, 0.3) is 0 Å². The lowest BCUT2D eigenvalue weighted by atomic mass is 10.1. The third kappa shape index (κ3) is 6.74. The first-order valence-corrected chi connectivity index (χ1v) is 8.92. The number of rotatable bonds is 5. The van der Waals surface area contributed by atoms with Crippen LogP contribution in [0, 0.1) is 6.92 Å². The minimum Gasteiger partial charge on any atom is -0.378 e. The molecule has 1 unspecified atom stereocenters. The summed E-state index contributed by atoms with van der Waals surface area (Å²) in [5, 5.41) is 5.98. The maximum atomic E-state index is 12.0. The Morgan fingerprint density at radius 1 is 1.43 bits per heavy atom. The normalized spacial score (nSPS) is 17.9. The van der Waals surface area contributed by atoms with Gasteiger partial charge in [0.05, 0.1) is 25.2 Å². The van der Waals surface area contributed by atoms with Crippen LogP contribution in [-0.4, -0.2) is 46.4 Å². The smallest absolute Gasteiger partial charge is 0.229 e. The zero-order valence-electron chi connectivity index (χ0n) is 13.1. The first-order chi connectivity index (χ1) is 10.3. The molecule has 1 heterocycles. The summed E-state index contributed by atoms with van der Waals surface area (Å²) in [5.41, 5.74) is 1.80. The molecule has 0 spiro atoms.